The second-order valence-corrected chi connectivity index (χ2v) is 9.72. The molecule has 1 N–H and O–H groups in total. The third-order valence-corrected chi connectivity index (χ3v) is 7.16. The van der Waals surface area contributed by atoms with E-state index in [1.54, 1.807) is 6.07 Å². The average molecular weight is 455 g/mol. The second-order valence-electron chi connectivity index (χ2n) is 6.54. The van der Waals surface area contributed by atoms with Crippen LogP contribution in [0, 0.1) is 0 Å². The molecule has 1 fully saturated rings. The number of hydrogen-bond donors (Lipinski definition) is 1. The Morgan fingerprint density at radius 2 is 1.97 bits per heavy atom. The Kier molecular flexibility index (Phi) is 6.71. The number of hydrogen-bond acceptors (Lipinski definition) is 9. The number of carbonyl (C=O) groups excluding carboxylic acids is 2. The molecule has 0 unspecified atom stereocenters. The predicted molar refractivity (Wildman–Crippen MR) is 112 cm³/mol. The summed E-state index contributed by atoms with van der Waals surface area (Å²) in [7, 11) is 0.379. The maximum absolute atomic E-state index is 13.0. The van der Waals surface area contributed by atoms with Crippen molar-refractivity contribution in [1.82, 2.24) is 9.29 Å². The number of ether oxygens (including phenoxy) is 2. The second kappa shape index (κ2) is 9.08. The average Bonchev–Trinajstić information content (AvgIpc) is 3.21. The number of amides is 1. The van der Waals surface area contributed by atoms with E-state index in [2.05, 4.69) is 15.0 Å². The van der Waals surface area contributed by atoms with Crippen LogP contribution in [0.1, 0.15) is 20.0 Å². The van der Waals surface area contributed by atoms with Crippen LogP contribution < -0.4 is 10.2 Å². The van der Waals surface area contributed by atoms with Crippen LogP contribution in [0.25, 0.3) is 0 Å². The maximum Gasteiger partial charge on any atom is 0.349 e. The molecule has 1 aromatic carbocycles. The highest BCUT2D eigenvalue weighted by Crippen LogP contribution is 2.28. The summed E-state index contributed by atoms with van der Waals surface area (Å²) in [5.41, 5.74) is 0.785. The number of nitrogens with zero attached hydrogens (tertiary/aromatic N) is 3. The molecule has 12 heteroatoms. The number of thiazole rings is 1. The highest BCUT2D eigenvalue weighted by Gasteiger charge is 2.25. The zero-order chi connectivity index (χ0) is 21.9. The van der Waals surface area contributed by atoms with Crippen molar-refractivity contribution in [2.24, 2.45) is 0 Å². The van der Waals surface area contributed by atoms with Crippen molar-refractivity contribution in [2.75, 3.05) is 57.7 Å². The molecular formula is C18H22N4O6S2. The SMILES string of the molecule is COC(=O)c1cnc(NC(=O)c2cc(S(=O)(=O)N(C)C)ccc2N2CCOCC2)s1. The predicted octanol–water partition coefficient (Wildman–Crippen LogP) is 1.27. The number of sulfonamides is 1. The van der Waals surface area contributed by atoms with E-state index in [0.717, 1.165) is 15.6 Å². The molecule has 2 heterocycles. The van der Waals surface area contributed by atoms with Crippen LogP contribution in [0.4, 0.5) is 10.8 Å². The van der Waals surface area contributed by atoms with Crippen molar-refractivity contribution in [3.05, 3.63) is 34.8 Å². The number of carbonyl (C=O) groups is 2. The molecule has 1 aliphatic heterocycles. The zero-order valence-corrected chi connectivity index (χ0v) is 18.4. The monoisotopic (exact) mass is 454 g/mol. The molecule has 0 bridgehead atoms. The first-order chi connectivity index (χ1) is 14.2. The van der Waals surface area contributed by atoms with Crippen molar-refractivity contribution in [3.8, 4) is 0 Å². The molecule has 1 aliphatic rings. The molecule has 0 spiro atoms. The highest BCUT2D eigenvalue weighted by molar-refractivity contribution is 7.89. The molecule has 0 radical (unpaired) electrons. The summed E-state index contributed by atoms with van der Waals surface area (Å²) < 4.78 is 36.2. The van der Waals surface area contributed by atoms with Gasteiger partial charge in [-0.3, -0.25) is 10.1 Å². The van der Waals surface area contributed by atoms with Crippen molar-refractivity contribution in [1.29, 1.82) is 0 Å². The number of benzene rings is 1. The fourth-order valence-corrected chi connectivity index (χ4v) is 4.50. The van der Waals surface area contributed by atoms with E-state index in [-0.39, 0.29) is 20.5 Å². The lowest BCUT2D eigenvalue weighted by molar-refractivity contribution is 0.0606. The van der Waals surface area contributed by atoms with E-state index >= 15 is 0 Å². The Hall–Kier alpha value is -2.54. The lowest BCUT2D eigenvalue weighted by atomic mass is 10.1. The fourth-order valence-electron chi connectivity index (χ4n) is 2.84. The topological polar surface area (TPSA) is 118 Å². The summed E-state index contributed by atoms with van der Waals surface area (Å²) >= 11 is 0.967. The van der Waals surface area contributed by atoms with Gasteiger partial charge in [0.15, 0.2) is 5.13 Å². The van der Waals surface area contributed by atoms with Gasteiger partial charge in [-0.25, -0.2) is 22.5 Å². The molecule has 0 atom stereocenters. The standard InChI is InChI=1S/C18H22N4O6S2/c1-21(2)30(25,26)12-4-5-14(22-6-8-28-9-7-22)13(10-12)16(23)20-18-19-11-15(29-18)17(24)27-3/h4-5,10-11H,6-9H2,1-3H3,(H,19,20,23). The summed E-state index contributed by atoms with van der Waals surface area (Å²) in [6.07, 6.45) is 1.31. The number of methoxy groups -OCH3 is 1. The third-order valence-electron chi connectivity index (χ3n) is 4.46. The minimum atomic E-state index is -3.73. The van der Waals surface area contributed by atoms with Gasteiger partial charge < -0.3 is 14.4 Å². The number of morpholine rings is 1. The van der Waals surface area contributed by atoms with E-state index in [4.69, 9.17) is 4.74 Å². The van der Waals surface area contributed by atoms with Crippen molar-refractivity contribution >= 4 is 44.1 Å². The van der Waals surface area contributed by atoms with E-state index < -0.39 is 21.9 Å². The number of esters is 1. The van der Waals surface area contributed by atoms with Gasteiger partial charge >= 0.3 is 5.97 Å². The molecule has 30 heavy (non-hydrogen) atoms. The van der Waals surface area contributed by atoms with Gasteiger partial charge in [0.05, 0.1) is 37.0 Å². The van der Waals surface area contributed by atoms with E-state index in [1.807, 2.05) is 4.90 Å². The molecule has 1 aromatic heterocycles. The molecule has 2 aromatic rings. The minimum Gasteiger partial charge on any atom is -0.465 e. The Balaban J connectivity index is 1.97. The van der Waals surface area contributed by atoms with Gasteiger partial charge in [-0.05, 0) is 18.2 Å². The van der Waals surface area contributed by atoms with Crippen LogP contribution in [0.2, 0.25) is 0 Å². The summed E-state index contributed by atoms with van der Waals surface area (Å²) in [5, 5.41) is 2.84. The van der Waals surface area contributed by atoms with Crippen molar-refractivity contribution in [3.63, 3.8) is 0 Å². The quantitative estimate of drug-likeness (QED) is 0.649. The molecule has 3 rings (SSSR count). The van der Waals surface area contributed by atoms with Crippen molar-refractivity contribution < 1.29 is 27.5 Å². The van der Waals surface area contributed by atoms with E-state index in [0.29, 0.717) is 32.0 Å². The van der Waals surface area contributed by atoms with Gasteiger partial charge in [-0.15, -0.1) is 0 Å². The minimum absolute atomic E-state index is 0.00375. The van der Waals surface area contributed by atoms with Crippen LogP contribution in [0.15, 0.2) is 29.3 Å². The summed E-state index contributed by atoms with van der Waals surface area (Å²) in [5.74, 6) is -1.08. The first-order valence-corrected chi connectivity index (χ1v) is 11.2. The molecular weight excluding hydrogens is 432 g/mol. The van der Waals surface area contributed by atoms with Gasteiger partial charge in [0, 0.05) is 32.9 Å². The van der Waals surface area contributed by atoms with Crippen LogP contribution in [0.3, 0.4) is 0 Å². The largest absolute Gasteiger partial charge is 0.465 e. The van der Waals surface area contributed by atoms with E-state index in [9.17, 15) is 18.0 Å². The number of anilines is 2. The first-order valence-electron chi connectivity index (χ1n) is 8.99. The molecule has 1 saturated heterocycles. The Morgan fingerprint density at radius 3 is 2.60 bits per heavy atom. The maximum atomic E-state index is 13.0. The molecule has 10 nitrogen and oxygen atoms in total. The molecule has 0 aliphatic carbocycles. The molecule has 162 valence electrons. The van der Waals surface area contributed by atoms with E-state index in [1.165, 1.54) is 39.5 Å². The normalized spacial score (nSPS) is 14.6. The lowest BCUT2D eigenvalue weighted by Crippen LogP contribution is -2.37. The summed E-state index contributed by atoms with van der Waals surface area (Å²) in [4.78, 5) is 30.9. The van der Waals surface area contributed by atoms with Gasteiger partial charge in [-0.1, -0.05) is 11.3 Å². The summed E-state index contributed by atoms with van der Waals surface area (Å²) in [6.45, 7) is 2.16. The van der Waals surface area contributed by atoms with Crippen LogP contribution in [-0.2, 0) is 19.5 Å². The zero-order valence-electron chi connectivity index (χ0n) is 16.7. The highest BCUT2D eigenvalue weighted by atomic mass is 32.2. The first kappa shape index (κ1) is 22.2. The lowest BCUT2D eigenvalue weighted by Gasteiger charge is -2.30. The summed E-state index contributed by atoms with van der Waals surface area (Å²) in [6, 6.07) is 4.46. The number of rotatable bonds is 6. The molecule has 0 saturated carbocycles. The van der Waals surface area contributed by atoms with Crippen molar-refractivity contribution in [2.45, 2.75) is 4.90 Å². The van der Waals surface area contributed by atoms with Gasteiger partial charge in [0.1, 0.15) is 4.88 Å². The Bertz CT molecular complexity index is 1040. The van der Waals surface area contributed by atoms with Crippen LogP contribution >= 0.6 is 11.3 Å². The number of aromatic nitrogens is 1. The smallest absolute Gasteiger partial charge is 0.349 e. The molecule has 1 amide bonds. The van der Waals surface area contributed by atoms with Gasteiger partial charge in [0.2, 0.25) is 10.0 Å². The Morgan fingerprint density at radius 1 is 1.27 bits per heavy atom. The Labute approximate surface area is 178 Å². The van der Waals surface area contributed by atoms with Gasteiger partial charge in [-0.2, -0.15) is 0 Å². The third kappa shape index (κ3) is 4.61. The number of nitrogens with one attached hydrogen (secondary N) is 1. The van der Waals surface area contributed by atoms with Crippen LogP contribution in [0.5, 0.6) is 0 Å². The fraction of sp³-hybridized carbons (Fsp3) is 0.389. The van der Waals surface area contributed by atoms with Gasteiger partial charge in [0.25, 0.3) is 5.91 Å². The van der Waals surface area contributed by atoms with Crippen LogP contribution in [-0.4, -0.2) is 77.1 Å².